The van der Waals surface area contributed by atoms with E-state index in [-0.39, 0.29) is 11.9 Å². The van der Waals surface area contributed by atoms with E-state index < -0.39 is 0 Å². The molecule has 96 valence electrons. The van der Waals surface area contributed by atoms with E-state index in [9.17, 15) is 4.39 Å². The van der Waals surface area contributed by atoms with Gasteiger partial charge in [-0.05, 0) is 24.1 Å². The van der Waals surface area contributed by atoms with Crippen LogP contribution in [0.5, 0.6) is 5.75 Å². The Morgan fingerprint density at radius 1 is 1.50 bits per heavy atom. The van der Waals surface area contributed by atoms with E-state index >= 15 is 0 Å². The predicted octanol–water partition coefficient (Wildman–Crippen LogP) is 1.54. The highest BCUT2D eigenvalue weighted by molar-refractivity contribution is 5.82. The van der Waals surface area contributed by atoms with Crippen LogP contribution in [0.4, 0.5) is 4.39 Å². The van der Waals surface area contributed by atoms with Crippen LogP contribution in [0.3, 0.4) is 0 Å². The van der Waals surface area contributed by atoms with Crippen molar-refractivity contribution in [2.24, 2.45) is 4.99 Å². The Kier molecular flexibility index (Phi) is 2.81. The maximum Gasteiger partial charge on any atom is 0.194 e. The highest BCUT2D eigenvalue weighted by Crippen LogP contribution is 2.31. The molecule has 1 fully saturated rings. The fraction of sp³-hybridized carbons (Fsp3) is 0.462. The van der Waals surface area contributed by atoms with Crippen molar-refractivity contribution >= 4 is 5.96 Å². The third-order valence-electron chi connectivity index (χ3n) is 3.51. The van der Waals surface area contributed by atoms with Gasteiger partial charge in [0.2, 0.25) is 0 Å². The van der Waals surface area contributed by atoms with E-state index in [0.29, 0.717) is 5.75 Å². The molecule has 0 radical (unpaired) electrons. The molecule has 2 heterocycles. The topological polar surface area (TPSA) is 36.9 Å². The van der Waals surface area contributed by atoms with E-state index in [2.05, 4.69) is 15.2 Å². The van der Waals surface area contributed by atoms with Crippen molar-refractivity contribution < 1.29 is 9.13 Å². The predicted molar refractivity (Wildman–Crippen MR) is 67.3 cm³/mol. The minimum absolute atomic E-state index is 0.216. The number of methoxy groups -OCH3 is 1. The molecule has 1 atom stereocenters. The average molecular weight is 249 g/mol. The third kappa shape index (κ3) is 1.79. The highest BCUT2D eigenvalue weighted by Gasteiger charge is 2.30. The zero-order valence-corrected chi connectivity index (χ0v) is 10.3. The lowest BCUT2D eigenvalue weighted by Gasteiger charge is -2.32. The van der Waals surface area contributed by atoms with Gasteiger partial charge in [0.05, 0.1) is 13.2 Å². The van der Waals surface area contributed by atoms with Crippen molar-refractivity contribution in [2.75, 3.05) is 26.7 Å². The first-order chi connectivity index (χ1) is 8.79. The Labute approximate surface area is 105 Å². The lowest BCUT2D eigenvalue weighted by atomic mass is 10.0. The van der Waals surface area contributed by atoms with Crippen molar-refractivity contribution in [3.05, 3.63) is 29.6 Å². The molecule has 5 heteroatoms. The Bertz CT molecular complexity index is 489. The van der Waals surface area contributed by atoms with Gasteiger partial charge < -0.3 is 15.0 Å². The summed E-state index contributed by atoms with van der Waals surface area (Å²) in [4.78, 5) is 6.65. The van der Waals surface area contributed by atoms with Crippen LogP contribution in [0.15, 0.2) is 23.2 Å². The van der Waals surface area contributed by atoms with Crippen molar-refractivity contribution in [3.8, 4) is 5.75 Å². The van der Waals surface area contributed by atoms with Gasteiger partial charge in [-0.1, -0.05) is 6.07 Å². The van der Waals surface area contributed by atoms with Gasteiger partial charge in [0.15, 0.2) is 17.5 Å². The summed E-state index contributed by atoms with van der Waals surface area (Å²) in [6, 6.07) is 5.42. The van der Waals surface area contributed by atoms with Crippen LogP contribution in [0, 0.1) is 5.82 Å². The fourth-order valence-corrected chi connectivity index (χ4v) is 2.63. The number of fused-ring (bicyclic) bond motifs is 1. The number of ether oxygens (including phenoxy) is 1. The first-order valence-corrected chi connectivity index (χ1v) is 6.18. The smallest absolute Gasteiger partial charge is 0.194 e. The monoisotopic (exact) mass is 249 g/mol. The molecule has 2 aliphatic heterocycles. The molecule has 1 aromatic carbocycles. The second-order valence-corrected chi connectivity index (χ2v) is 4.52. The highest BCUT2D eigenvalue weighted by atomic mass is 19.1. The molecule has 1 unspecified atom stereocenters. The minimum Gasteiger partial charge on any atom is -0.494 e. The number of aliphatic imine (C=N–C) groups is 1. The maximum atomic E-state index is 13.8. The molecule has 0 saturated carbocycles. The van der Waals surface area contributed by atoms with Crippen molar-refractivity contribution in [2.45, 2.75) is 12.5 Å². The molecule has 3 rings (SSSR count). The van der Waals surface area contributed by atoms with Crippen LogP contribution in [0.25, 0.3) is 0 Å². The number of hydrogen-bond acceptors (Lipinski definition) is 4. The van der Waals surface area contributed by atoms with E-state index in [1.165, 1.54) is 7.11 Å². The van der Waals surface area contributed by atoms with Crippen LogP contribution in [0.2, 0.25) is 0 Å². The summed E-state index contributed by atoms with van der Waals surface area (Å²) in [7, 11) is 1.48. The summed E-state index contributed by atoms with van der Waals surface area (Å²) in [6.07, 6.45) is 0.928. The number of halogens is 1. The molecule has 0 bridgehead atoms. The largest absolute Gasteiger partial charge is 0.494 e. The summed E-state index contributed by atoms with van der Waals surface area (Å²) >= 11 is 0. The van der Waals surface area contributed by atoms with E-state index in [1.54, 1.807) is 12.1 Å². The maximum absolute atomic E-state index is 13.8. The second kappa shape index (κ2) is 4.48. The Morgan fingerprint density at radius 2 is 2.39 bits per heavy atom. The molecule has 1 saturated heterocycles. The minimum atomic E-state index is -0.300. The SMILES string of the molecule is COc1ccc(C2CCN=C3NCCN32)cc1F. The van der Waals surface area contributed by atoms with Gasteiger partial charge in [-0.25, -0.2) is 4.39 Å². The van der Waals surface area contributed by atoms with Crippen LogP contribution < -0.4 is 10.1 Å². The van der Waals surface area contributed by atoms with Gasteiger partial charge in [0.1, 0.15) is 0 Å². The Balaban J connectivity index is 1.90. The summed E-state index contributed by atoms with van der Waals surface area (Å²) in [5.74, 6) is 0.941. The van der Waals surface area contributed by atoms with Crippen LogP contribution in [-0.4, -0.2) is 37.6 Å². The molecule has 18 heavy (non-hydrogen) atoms. The van der Waals surface area contributed by atoms with Gasteiger partial charge >= 0.3 is 0 Å². The molecule has 2 aliphatic rings. The zero-order valence-electron chi connectivity index (χ0n) is 10.3. The fourth-order valence-electron chi connectivity index (χ4n) is 2.63. The molecule has 1 N–H and O–H groups in total. The van der Waals surface area contributed by atoms with Gasteiger partial charge in [0, 0.05) is 19.6 Å². The second-order valence-electron chi connectivity index (χ2n) is 4.52. The first kappa shape index (κ1) is 11.3. The number of nitrogens with one attached hydrogen (secondary N) is 1. The quantitative estimate of drug-likeness (QED) is 0.864. The molecule has 0 spiro atoms. The van der Waals surface area contributed by atoms with E-state index in [0.717, 1.165) is 37.6 Å². The van der Waals surface area contributed by atoms with Gasteiger partial charge in [-0.3, -0.25) is 4.99 Å². The molecule has 0 aliphatic carbocycles. The zero-order chi connectivity index (χ0) is 12.5. The van der Waals surface area contributed by atoms with Gasteiger partial charge in [-0.15, -0.1) is 0 Å². The molecule has 0 amide bonds. The Morgan fingerprint density at radius 3 is 3.17 bits per heavy atom. The number of guanidine groups is 1. The van der Waals surface area contributed by atoms with Crippen molar-refractivity contribution in [1.29, 1.82) is 0 Å². The Hall–Kier alpha value is -1.78. The average Bonchev–Trinajstić information content (AvgIpc) is 2.86. The molecule has 4 nitrogen and oxygen atoms in total. The normalized spacial score (nSPS) is 22.2. The number of nitrogens with zero attached hydrogens (tertiary/aromatic N) is 2. The van der Waals surface area contributed by atoms with E-state index in [4.69, 9.17) is 4.74 Å². The lowest BCUT2D eigenvalue weighted by Crippen LogP contribution is -2.37. The summed E-state index contributed by atoms with van der Waals surface area (Å²) < 4.78 is 18.7. The van der Waals surface area contributed by atoms with Crippen LogP contribution in [0.1, 0.15) is 18.0 Å². The molecular weight excluding hydrogens is 233 g/mol. The van der Waals surface area contributed by atoms with Gasteiger partial charge in [-0.2, -0.15) is 0 Å². The van der Waals surface area contributed by atoms with E-state index in [1.807, 2.05) is 6.07 Å². The van der Waals surface area contributed by atoms with Crippen LogP contribution in [-0.2, 0) is 0 Å². The summed E-state index contributed by atoms with van der Waals surface area (Å²) in [5.41, 5.74) is 0.990. The number of benzene rings is 1. The molecule has 1 aromatic rings. The summed E-state index contributed by atoms with van der Waals surface area (Å²) in [5, 5.41) is 3.25. The van der Waals surface area contributed by atoms with Crippen molar-refractivity contribution in [3.63, 3.8) is 0 Å². The molecule has 0 aromatic heterocycles. The number of rotatable bonds is 2. The number of hydrogen-bond donors (Lipinski definition) is 1. The first-order valence-electron chi connectivity index (χ1n) is 6.18. The lowest BCUT2D eigenvalue weighted by molar-refractivity contribution is 0.312. The third-order valence-corrected chi connectivity index (χ3v) is 3.51. The van der Waals surface area contributed by atoms with Crippen molar-refractivity contribution in [1.82, 2.24) is 10.2 Å². The van der Waals surface area contributed by atoms with Gasteiger partial charge in [0.25, 0.3) is 0 Å². The summed E-state index contributed by atoms with van der Waals surface area (Å²) in [6.45, 7) is 2.63. The molecular formula is C13H16FN3O. The van der Waals surface area contributed by atoms with Crippen LogP contribution >= 0.6 is 0 Å². The standard InChI is InChI=1S/C13H16FN3O/c1-18-12-3-2-9(8-10(12)14)11-4-5-15-13-16-6-7-17(11)13/h2-3,8,11H,4-7H2,1H3,(H,15,16).